The van der Waals surface area contributed by atoms with E-state index in [2.05, 4.69) is 0 Å². The molecule has 1 heterocycles. The van der Waals surface area contributed by atoms with Gasteiger partial charge in [0.2, 0.25) is 0 Å². The van der Waals surface area contributed by atoms with E-state index in [1.807, 2.05) is 6.92 Å². The Morgan fingerprint density at radius 3 is 2.64 bits per heavy atom. The third kappa shape index (κ3) is 1.52. The first-order valence-electron chi connectivity index (χ1n) is 3.86. The van der Waals surface area contributed by atoms with Gasteiger partial charge in [0, 0.05) is 0 Å². The zero-order chi connectivity index (χ0) is 8.43. The summed E-state index contributed by atoms with van der Waals surface area (Å²) in [6, 6.07) is -0.422. The number of hydrogen-bond donors (Lipinski definition) is 1. The van der Waals surface area contributed by atoms with Gasteiger partial charge in [-0.15, -0.1) is 0 Å². The summed E-state index contributed by atoms with van der Waals surface area (Å²) in [6.45, 7) is 4.05. The van der Waals surface area contributed by atoms with Gasteiger partial charge >= 0.3 is 5.97 Å². The van der Waals surface area contributed by atoms with Gasteiger partial charge in [0.15, 0.2) is 6.04 Å². The highest BCUT2D eigenvalue weighted by Gasteiger charge is 2.52. The first-order chi connectivity index (χ1) is 5.22. The van der Waals surface area contributed by atoms with E-state index in [-0.39, 0.29) is 12.0 Å². The fourth-order valence-corrected chi connectivity index (χ4v) is 1.17. The molecule has 0 aromatic heterocycles. The smallest absolute Gasteiger partial charge is 0.327 e. The molecule has 3 atom stereocenters. The Bertz CT molecular complexity index is 160. The van der Waals surface area contributed by atoms with E-state index in [1.54, 1.807) is 6.92 Å². The minimum atomic E-state index is -0.403. The molecule has 0 spiro atoms. The number of ether oxygens (including phenoxy) is 1. The predicted octanol–water partition coefficient (Wildman–Crippen LogP) is 0.402. The maximum absolute atomic E-state index is 11.0. The Morgan fingerprint density at radius 1 is 1.64 bits per heavy atom. The van der Waals surface area contributed by atoms with Crippen molar-refractivity contribution in [3.63, 3.8) is 0 Å². The summed E-state index contributed by atoms with van der Waals surface area (Å²) < 4.78 is 4.73. The van der Waals surface area contributed by atoms with Crippen molar-refractivity contribution in [1.29, 1.82) is 0 Å². The molecule has 1 fully saturated rings. The maximum Gasteiger partial charge on any atom is 0.327 e. The van der Waals surface area contributed by atoms with Crippen molar-refractivity contribution in [3.05, 3.63) is 0 Å². The van der Waals surface area contributed by atoms with Crippen molar-refractivity contribution in [2.45, 2.75) is 32.4 Å². The number of hydroxylamine groups is 2. The van der Waals surface area contributed by atoms with Crippen molar-refractivity contribution in [2.75, 3.05) is 6.61 Å². The van der Waals surface area contributed by atoms with Crippen molar-refractivity contribution >= 4 is 5.97 Å². The van der Waals surface area contributed by atoms with E-state index >= 15 is 0 Å². The second kappa shape index (κ2) is 3.19. The van der Waals surface area contributed by atoms with Gasteiger partial charge in [0.05, 0.1) is 12.6 Å². The van der Waals surface area contributed by atoms with E-state index in [1.165, 1.54) is 0 Å². The van der Waals surface area contributed by atoms with Gasteiger partial charge in [0.1, 0.15) is 0 Å². The third-order valence-corrected chi connectivity index (χ3v) is 1.85. The number of rotatable bonds is 3. The Hall–Kier alpha value is -0.610. The van der Waals surface area contributed by atoms with Gasteiger partial charge in [-0.05, 0) is 13.3 Å². The Labute approximate surface area is 65.7 Å². The van der Waals surface area contributed by atoms with Crippen LogP contribution in [0.3, 0.4) is 0 Å². The van der Waals surface area contributed by atoms with Crippen LogP contribution >= 0.6 is 0 Å². The Morgan fingerprint density at radius 2 is 2.27 bits per heavy atom. The summed E-state index contributed by atoms with van der Waals surface area (Å²) in [6.07, 6.45) is 0.778. The van der Waals surface area contributed by atoms with Crippen LogP contribution in [0.5, 0.6) is 0 Å². The molecule has 1 saturated heterocycles. The van der Waals surface area contributed by atoms with Crippen molar-refractivity contribution in [1.82, 2.24) is 5.06 Å². The molecule has 1 aliphatic rings. The highest BCUT2D eigenvalue weighted by molar-refractivity contribution is 5.79. The zero-order valence-corrected chi connectivity index (χ0v) is 6.78. The molecule has 0 radical (unpaired) electrons. The fourth-order valence-electron chi connectivity index (χ4n) is 1.17. The van der Waals surface area contributed by atoms with Crippen LogP contribution in [0.2, 0.25) is 0 Å². The first kappa shape index (κ1) is 8.49. The van der Waals surface area contributed by atoms with Gasteiger partial charge in [-0.3, -0.25) is 4.79 Å². The number of hydrogen-bond acceptors (Lipinski definition) is 4. The molecule has 1 aliphatic heterocycles. The lowest BCUT2D eigenvalue weighted by molar-refractivity contribution is -0.146. The van der Waals surface area contributed by atoms with Crippen LogP contribution in [-0.2, 0) is 9.53 Å². The average Bonchev–Trinajstić information content (AvgIpc) is 2.61. The van der Waals surface area contributed by atoms with Gasteiger partial charge < -0.3 is 9.94 Å². The standard InChI is InChI=1S/C7H13NO3/c1-3-5-6(8(5)10)7(9)11-4-2/h5-6,10H,3-4H2,1-2H3. The number of nitrogens with zero attached hydrogens (tertiary/aromatic N) is 1. The van der Waals surface area contributed by atoms with Crippen molar-refractivity contribution < 1.29 is 14.7 Å². The highest BCUT2D eigenvalue weighted by atomic mass is 16.6. The van der Waals surface area contributed by atoms with Crippen LogP contribution < -0.4 is 0 Å². The van der Waals surface area contributed by atoms with E-state index in [0.717, 1.165) is 11.5 Å². The summed E-state index contributed by atoms with van der Waals surface area (Å²) in [5, 5.41) is 10.1. The van der Waals surface area contributed by atoms with Crippen LogP contribution in [0, 0.1) is 0 Å². The lowest BCUT2D eigenvalue weighted by Gasteiger charge is -1.96. The molecule has 4 heteroatoms. The SMILES string of the molecule is CCOC(=O)C1C(CC)N1O. The molecule has 0 amide bonds. The van der Waals surface area contributed by atoms with E-state index < -0.39 is 6.04 Å². The molecule has 64 valence electrons. The summed E-state index contributed by atoms with van der Waals surface area (Å²) in [4.78, 5) is 11.0. The molecule has 1 N–H and O–H groups in total. The van der Waals surface area contributed by atoms with Crippen molar-refractivity contribution in [2.24, 2.45) is 0 Å². The molecule has 1 rings (SSSR count). The molecule has 0 aromatic carbocycles. The maximum atomic E-state index is 11.0. The third-order valence-electron chi connectivity index (χ3n) is 1.85. The molecule has 0 aromatic rings. The van der Waals surface area contributed by atoms with Gasteiger partial charge in [-0.25, -0.2) is 0 Å². The molecule has 3 unspecified atom stereocenters. The summed E-state index contributed by atoms with van der Waals surface area (Å²) in [5.74, 6) is -0.318. The number of esters is 1. The van der Waals surface area contributed by atoms with Crippen molar-refractivity contribution in [3.8, 4) is 0 Å². The lowest BCUT2D eigenvalue weighted by Crippen LogP contribution is -2.15. The molecule has 0 aliphatic carbocycles. The van der Waals surface area contributed by atoms with Crippen LogP contribution in [0.4, 0.5) is 0 Å². The Kier molecular flexibility index (Phi) is 2.46. The van der Waals surface area contributed by atoms with Gasteiger partial charge in [0.25, 0.3) is 0 Å². The van der Waals surface area contributed by atoms with E-state index in [4.69, 9.17) is 9.94 Å². The molecule has 0 saturated carbocycles. The largest absolute Gasteiger partial charge is 0.465 e. The van der Waals surface area contributed by atoms with Gasteiger partial charge in [-0.2, -0.15) is 5.06 Å². The van der Waals surface area contributed by atoms with Crippen LogP contribution in [0.25, 0.3) is 0 Å². The highest BCUT2D eigenvalue weighted by Crippen LogP contribution is 2.28. The normalized spacial score (nSPS) is 35.0. The predicted molar refractivity (Wildman–Crippen MR) is 38.1 cm³/mol. The van der Waals surface area contributed by atoms with Crippen LogP contribution in [0.15, 0.2) is 0 Å². The summed E-state index contributed by atoms with van der Waals surface area (Å²) >= 11 is 0. The molecule has 11 heavy (non-hydrogen) atoms. The van der Waals surface area contributed by atoms with E-state index in [9.17, 15) is 4.79 Å². The molecule has 4 nitrogen and oxygen atoms in total. The summed E-state index contributed by atoms with van der Waals surface area (Å²) in [5.41, 5.74) is 0. The molecule has 0 bridgehead atoms. The number of carbonyl (C=O) groups is 1. The summed E-state index contributed by atoms with van der Waals surface area (Å²) in [7, 11) is 0. The second-order valence-electron chi connectivity index (χ2n) is 2.55. The topological polar surface area (TPSA) is 49.5 Å². The second-order valence-corrected chi connectivity index (χ2v) is 2.55. The molecular formula is C7H13NO3. The fraction of sp³-hybridized carbons (Fsp3) is 0.857. The quantitative estimate of drug-likeness (QED) is 0.478. The van der Waals surface area contributed by atoms with Crippen LogP contribution in [-0.4, -0.2) is 34.9 Å². The van der Waals surface area contributed by atoms with Gasteiger partial charge in [-0.1, -0.05) is 6.92 Å². The monoisotopic (exact) mass is 159 g/mol. The van der Waals surface area contributed by atoms with Crippen LogP contribution in [0.1, 0.15) is 20.3 Å². The minimum absolute atomic E-state index is 0.0194. The minimum Gasteiger partial charge on any atom is -0.465 e. The average molecular weight is 159 g/mol. The lowest BCUT2D eigenvalue weighted by atomic mass is 10.2. The Balaban J connectivity index is 2.34. The first-order valence-corrected chi connectivity index (χ1v) is 3.86. The zero-order valence-electron chi connectivity index (χ0n) is 6.78. The van der Waals surface area contributed by atoms with E-state index in [0.29, 0.717) is 6.61 Å². The number of carbonyl (C=O) groups excluding carboxylic acids is 1. The molecular weight excluding hydrogens is 146 g/mol.